The largest absolute Gasteiger partial charge is 0.467 e. The van der Waals surface area contributed by atoms with Crippen molar-refractivity contribution in [1.29, 1.82) is 0 Å². The monoisotopic (exact) mass is 410 g/mol. The second-order valence-electron chi connectivity index (χ2n) is 8.84. The Morgan fingerprint density at radius 3 is 2.50 bits per heavy atom. The summed E-state index contributed by atoms with van der Waals surface area (Å²) in [4.78, 5) is 12.4. The molecule has 28 heavy (non-hydrogen) atoms. The first-order valence-electron chi connectivity index (χ1n) is 9.76. The van der Waals surface area contributed by atoms with Crippen molar-refractivity contribution in [2.45, 2.75) is 76.3 Å². The van der Waals surface area contributed by atoms with E-state index in [1.165, 1.54) is 7.11 Å². The Morgan fingerprint density at radius 2 is 1.93 bits per heavy atom. The van der Waals surface area contributed by atoms with Gasteiger partial charge in [-0.3, -0.25) is 0 Å². The van der Waals surface area contributed by atoms with Gasteiger partial charge in [-0.25, -0.2) is 4.79 Å². The minimum atomic E-state index is -2.22. The zero-order valence-corrected chi connectivity index (χ0v) is 18.8. The predicted octanol–water partition coefficient (Wildman–Crippen LogP) is 3.29. The topological polar surface area (TPSA) is 74.2 Å². The lowest BCUT2D eigenvalue weighted by Crippen LogP contribution is -2.50. The summed E-state index contributed by atoms with van der Waals surface area (Å²) < 4.78 is 22.9. The molecule has 7 heteroatoms. The zero-order chi connectivity index (χ0) is 20.9. The molecular weight excluding hydrogens is 376 g/mol. The van der Waals surface area contributed by atoms with Gasteiger partial charge in [0.05, 0.1) is 32.5 Å². The van der Waals surface area contributed by atoms with E-state index in [1.54, 1.807) is 0 Å². The molecule has 0 bridgehead atoms. The molecule has 6 nitrogen and oxygen atoms in total. The second kappa shape index (κ2) is 9.50. The highest BCUT2D eigenvalue weighted by molar-refractivity contribution is 6.74. The number of esters is 1. The van der Waals surface area contributed by atoms with E-state index in [0.29, 0.717) is 13.0 Å². The molecule has 1 aliphatic heterocycles. The van der Waals surface area contributed by atoms with Crippen LogP contribution in [0.1, 0.15) is 32.8 Å². The average Bonchev–Trinajstić information content (AvgIpc) is 2.99. The van der Waals surface area contributed by atoms with Crippen molar-refractivity contribution in [2.24, 2.45) is 0 Å². The Balaban J connectivity index is 1.98. The lowest BCUT2D eigenvalue weighted by molar-refractivity contribution is -0.158. The maximum atomic E-state index is 12.4. The van der Waals surface area contributed by atoms with Crippen LogP contribution in [0.5, 0.6) is 0 Å². The molecule has 0 amide bonds. The van der Waals surface area contributed by atoms with Crippen LogP contribution in [0, 0.1) is 0 Å². The van der Waals surface area contributed by atoms with Gasteiger partial charge in [0.15, 0.2) is 14.4 Å². The first kappa shape index (κ1) is 23.0. The number of ether oxygens (including phenoxy) is 3. The van der Waals surface area contributed by atoms with E-state index in [4.69, 9.17) is 18.6 Å². The fourth-order valence-corrected chi connectivity index (χ4v) is 4.10. The minimum absolute atomic E-state index is 0.0608. The predicted molar refractivity (Wildman–Crippen MR) is 109 cm³/mol. The third kappa shape index (κ3) is 5.87. The Bertz CT molecular complexity index is 628. The van der Waals surface area contributed by atoms with Crippen LogP contribution in [0.4, 0.5) is 0 Å². The number of methoxy groups -OCH3 is 1. The van der Waals surface area contributed by atoms with Gasteiger partial charge in [-0.2, -0.15) is 0 Å². The van der Waals surface area contributed by atoms with Crippen molar-refractivity contribution < 1.29 is 28.5 Å². The van der Waals surface area contributed by atoms with E-state index in [2.05, 4.69) is 33.9 Å². The van der Waals surface area contributed by atoms with Crippen molar-refractivity contribution in [1.82, 2.24) is 0 Å². The maximum absolute atomic E-state index is 12.4. The van der Waals surface area contributed by atoms with Crippen LogP contribution in [0.15, 0.2) is 30.3 Å². The van der Waals surface area contributed by atoms with Crippen molar-refractivity contribution in [3.05, 3.63) is 35.9 Å². The summed E-state index contributed by atoms with van der Waals surface area (Å²) in [5.41, 5.74) is 1.06. The van der Waals surface area contributed by atoms with Gasteiger partial charge in [0, 0.05) is 6.42 Å². The first-order chi connectivity index (χ1) is 13.0. The van der Waals surface area contributed by atoms with Crippen molar-refractivity contribution in [3.63, 3.8) is 0 Å². The van der Waals surface area contributed by atoms with Gasteiger partial charge in [-0.15, -0.1) is 0 Å². The molecule has 4 atom stereocenters. The number of benzene rings is 1. The van der Waals surface area contributed by atoms with Crippen molar-refractivity contribution in [2.75, 3.05) is 13.7 Å². The lowest BCUT2D eigenvalue weighted by Gasteiger charge is -2.39. The molecule has 0 radical (unpaired) electrons. The molecule has 1 N–H and O–H groups in total. The third-order valence-corrected chi connectivity index (χ3v) is 10.1. The molecular formula is C21H34O6Si. The van der Waals surface area contributed by atoms with Gasteiger partial charge in [-0.1, -0.05) is 51.1 Å². The normalized spacial score (nSPS) is 24.2. The molecule has 0 aliphatic carbocycles. The van der Waals surface area contributed by atoms with E-state index < -0.39 is 38.7 Å². The smallest absolute Gasteiger partial charge is 0.336 e. The summed E-state index contributed by atoms with van der Waals surface area (Å²) >= 11 is 0. The van der Waals surface area contributed by atoms with Gasteiger partial charge in [0.2, 0.25) is 0 Å². The van der Waals surface area contributed by atoms with E-state index in [-0.39, 0.29) is 11.6 Å². The molecule has 1 heterocycles. The number of hydrogen-bond acceptors (Lipinski definition) is 6. The van der Waals surface area contributed by atoms with Gasteiger partial charge in [-0.05, 0) is 23.7 Å². The quantitative estimate of drug-likeness (QED) is 0.524. The maximum Gasteiger partial charge on any atom is 0.336 e. The van der Waals surface area contributed by atoms with Crippen LogP contribution in [-0.2, 0) is 30.0 Å². The zero-order valence-electron chi connectivity index (χ0n) is 17.8. The SMILES string of the molecule is COC(=O)C(O[Si](C)(C)C(C)(C)C)C1C[C@H](O)[C@@H](COCc2ccccc2)O1. The van der Waals surface area contributed by atoms with Gasteiger partial charge >= 0.3 is 5.97 Å². The van der Waals surface area contributed by atoms with Crippen LogP contribution < -0.4 is 0 Å². The van der Waals surface area contributed by atoms with E-state index in [9.17, 15) is 9.90 Å². The fourth-order valence-electron chi connectivity index (χ4n) is 2.86. The summed E-state index contributed by atoms with van der Waals surface area (Å²) in [6.45, 7) is 11.2. The second-order valence-corrected chi connectivity index (χ2v) is 13.6. The summed E-state index contributed by atoms with van der Waals surface area (Å²) in [5.74, 6) is -0.465. The van der Waals surface area contributed by atoms with Crippen LogP contribution in [0.3, 0.4) is 0 Å². The molecule has 1 saturated heterocycles. The molecule has 0 spiro atoms. The molecule has 1 aromatic carbocycles. The molecule has 1 aromatic rings. The summed E-state index contributed by atoms with van der Waals surface area (Å²) in [6.07, 6.45) is -2.30. The van der Waals surface area contributed by atoms with Crippen molar-refractivity contribution >= 4 is 14.3 Å². The molecule has 2 rings (SSSR count). The molecule has 0 aromatic heterocycles. The lowest BCUT2D eigenvalue weighted by atomic mass is 10.1. The molecule has 0 saturated carbocycles. The first-order valence-corrected chi connectivity index (χ1v) is 12.7. The Morgan fingerprint density at radius 1 is 1.29 bits per heavy atom. The van der Waals surface area contributed by atoms with E-state index in [0.717, 1.165) is 5.56 Å². The highest BCUT2D eigenvalue weighted by Gasteiger charge is 2.47. The summed E-state index contributed by atoms with van der Waals surface area (Å²) in [7, 11) is -0.878. The van der Waals surface area contributed by atoms with Crippen LogP contribution >= 0.6 is 0 Å². The number of rotatable bonds is 8. The molecule has 2 unspecified atom stereocenters. The van der Waals surface area contributed by atoms with Gasteiger partial charge in [0.25, 0.3) is 0 Å². The van der Waals surface area contributed by atoms with Crippen molar-refractivity contribution in [3.8, 4) is 0 Å². The number of carbonyl (C=O) groups excluding carboxylic acids is 1. The third-order valence-electron chi connectivity index (χ3n) is 5.65. The van der Waals surface area contributed by atoms with Crippen LogP contribution in [0.25, 0.3) is 0 Å². The van der Waals surface area contributed by atoms with Crippen LogP contribution in [0.2, 0.25) is 18.1 Å². The number of carbonyl (C=O) groups is 1. The summed E-state index contributed by atoms with van der Waals surface area (Å²) in [5, 5.41) is 10.4. The van der Waals surface area contributed by atoms with Gasteiger partial charge in [0.1, 0.15) is 6.10 Å². The highest BCUT2D eigenvalue weighted by atomic mass is 28.4. The minimum Gasteiger partial charge on any atom is -0.467 e. The fraction of sp³-hybridized carbons (Fsp3) is 0.667. The molecule has 1 aliphatic rings. The highest BCUT2D eigenvalue weighted by Crippen LogP contribution is 2.39. The molecule has 1 fully saturated rings. The number of aliphatic hydroxyl groups excluding tert-OH is 1. The van der Waals surface area contributed by atoms with E-state index in [1.807, 2.05) is 30.3 Å². The van der Waals surface area contributed by atoms with Crippen LogP contribution in [-0.4, -0.2) is 57.5 Å². The Labute approximate surface area is 169 Å². The Hall–Kier alpha value is -1.25. The average molecular weight is 411 g/mol. The number of aliphatic hydroxyl groups is 1. The Kier molecular flexibility index (Phi) is 7.81. The molecule has 158 valence electrons. The van der Waals surface area contributed by atoms with Gasteiger partial charge < -0.3 is 23.7 Å². The standard InChI is InChI=1S/C21H34O6Si/c1-21(2,3)28(5,6)27-19(20(23)24-4)17-12-16(22)18(26-17)14-25-13-15-10-8-7-9-11-15/h7-11,16-19,22H,12-14H2,1-6H3/t16-,17?,18+,19?/m0/s1. The summed E-state index contributed by atoms with van der Waals surface area (Å²) in [6, 6.07) is 9.82. The van der Waals surface area contributed by atoms with E-state index >= 15 is 0 Å². The number of hydrogen-bond donors (Lipinski definition) is 1.